The van der Waals surface area contributed by atoms with Crippen molar-refractivity contribution in [2.75, 3.05) is 6.54 Å². The van der Waals surface area contributed by atoms with E-state index in [0.29, 0.717) is 24.8 Å². The van der Waals surface area contributed by atoms with Crippen molar-refractivity contribution in [1.82, 2.24) is 10.2 Å². The lowest BCUT2D eigenvalue weighted by Gasteiger charge is -2.39. The third kappa shape index (κ3) is 2.99. The van der Waals surface area contributed by atoms with Gasteiger partial charge in [0.1, 0.15) is 12.1 Å². The monoisotopic (exact) mass is 240 g/mol. The van der Waals surface area contributed by atoms with E-state index in [1.807, 2.05) is 6.92 Å². The molecule has 0 spiro atoms. The fourth-order valence-corrected chi connectivity index (χ4v) is 1.93. The van der Waals surface area contributed by atoms with Crippen LogP contribution in [-0.2, 0) is 9.59 Å². The first-order chi connectivity index (χ1) is 7.88. The van der Waals surface area contributed by atoms with E-state index in [-0.39, 0.29) is 23.9 Å². The number of piperazine rings is 1. The Bertz CT molecular complexity index is 302. The zero-order chi connectivity index (χ0) is 13.2. The molecule has 0 aromatic heterocycles. The van der Waals surface area contributed by atoms with Crippen molar-refractivity contribution in [1.29, 1.82) is 0 Å². The summed E-state index contributed by atoms with van der Waals surface area (Å²) in [4.78, 5) is 25.7. The van der Waals surface area contributed by atoms with Gasteiger partial charge in [-0.3, -0.25) is 9.59 Å². The third-order valence-corrected chi connectivity index (χ3v) is 3.78. The average Bonchev–Trinajstić information content (AvgIpc) is 2.28. The van der Waals surface area contributed by atoms with Gasteiger partial charge in [0.25, 0.3) is 0 Å². The van der Waals surface area contributed by atoms with Gasteiger partial charge in [-0.05, 0) is 25.2 Å². The highest BCUT2D eigenvalue weighted by molar-refractivity contribution is 5.96. The van der Waals surface area contributed by atoms with Gasteiger partial charge >= 0.3 is 0 Å². The number of nitrogens with zero attached hydrogens (tertiary/aromatic N) is 1. The predicted octanol–water partition coefficient (Wildman–Crippen LogP) is 1.40. The van der Waals surface area contributed by atoms with Gasteiger partial charge < -0.3 is 10.2 Å². The van der Waals surface area contributed by atoms with Crippen LogP contribution >= 0.6 is 0 Å². The van der Waals surface area contributed by atoms with Crippen molar-refractivity contribution >= 4 is 11.8 Å². The van der Waals surface area contributed by atoms with Crippen LogP contribution in [0.5, 0.6) is 0 Å². The maximum Gasteiger partial charge on any atom is 0.245 e. The molecule has 1 saturated heterocycles. The zero-order valence-corrected chi connectivity index (χ0v) is 11.5. The van der Waals surface area contributed by atoms with Gasteiger partial charge in [-0.15, -0.1) is 0 Å². The van der Waals surface area contributed by atoms with Crippen LogP contribution in [0, 0.1) is 11.8 Å². The molecular weight excluding hydrogens is 216 g/mol. The zero-order valence-electron chi connectivity index (χ0n) is 11.5. The normalized spacial score (nSPS) is 27.3. The molecule has 4 nitrogen and oxygen atoms in total. The van der Waals surface area contributed by atoms with Crippen LogP contribution in [-0.4, -0.2) is 35.3 Å². The van der Waals surface area contributed by atoms with E-state index in [1.54, 1.807) is 11.8 Å². The Morgan fingerprint density at radius 1 is 1.29 bits per heavy atom. The summed E-state index contributed by atoms with van der Waals surface area (Å²) in [6.07, 6.45) is 0.657. The van der Waals surface area contributed by atoms with Gasteiger partial charge in [0, 0.05) is 6.54 Å². The Kier molecular flexibility index (Phi) is 4.54. The minimum absolute atomic E-state index is 0.0348. The molecular formula is C13H24N2O2. The van der Waals surface area contributed by atoms with Crippen molar-refractivity contribution in [3.8, 4) is 0 Å². The molecule has 1 aliphatic rings. The molecule has 1 fully saturated rings. The summed E-state index contributed by atoms with van der Waals surface area (Å²) in [5.74, 6) is 0.948. The minimum atomic E-state index is -0.341. The Morgan fingerprint density at radius 3 is 2.35 bits per heavy atom. The maximum atomic E-state index is 12.2. The Hall–Kier alpha value is -1.06. The third-order valence-electron chi connectivity index (χ3n) is 3.78. The van der Waals surface area contributed by atoms with E-state index >= 15 is 0 Å². The Balaban J connectivity index is 2.79. The summed E-state index contributed by atoms with van der Waals surface area (Å²) < 4.78 is 0. The SMILES string of the molecule is CCC1NC(=O)C(C)N(CC(C)C(C)C)C1=O. The Labute approximate surface area is 104 Å². The van der Waals surface area contributed by atoms with Gasteiger partial charge in [0.15, 0.2) is 0 Å². The van der Waals surface area contributed by atoms with Crippen molar-refractivity contribution in [3.05, 3.63) is 0 Å². The van der Waals surface area contributed by atoms with E-state index in [0.717, 1.165) is 0 Å². The summed E-state index contributed by atoms with van der Waals surface area (Å²) in [5, 5.41) is 2.77. The lowest BCUT2D eigenvalue weighted by Crippen LogP contribution is -2.62. The van der Waals surface area contributed by atoms with Gasteiger partial charge in [-0.25, -0.2) is 0 Å². The van der Waals surface area contributed by atoms with Crippen LogP contribution in [0.25, 0.3) is 0 Å². The molecule has 17 heavy (non-hydrogen) atoms. The van der Waals surface area contributed by atoms with Crippen LogP contribution in [0.15, 0.2) is 0 Å². The molecule has 1 N–H and O–H groups in total. The summed E-state index contributed by atoms with van der Waals surface area (Å²) in [6, 6.07) is -0.676. The first kappa shape index (κ1) is 14.0. The van der Waals surface area contributed by atoms with E-state index in [4.69, 9.17) is 0 Å². The number of amides is 2. The molecule has 0 bridgehead atoms. The molecule has 2 amide bonds. The number of carbonyl (C=O) groups excluding carboxylic acids is 2. The lowest BCUT2D eigenvalue weighted by atomic mass is 9.95. The smallest absolute Gasteiger partial charge is 0.245 e. The number of rotatable bonds is 4. The second-order valence-corrected chi connectivity index (χ2v) is 5.36. The van der Waals surface area contributed by atoms with Crippen molar-refractivity contribution in [2.45, 2.75) is 53.1 Å². The summed E-state index contributed by atoms with van der Waals surface area (Å²) in [5.41, 5.74) is 0. The number of carbonyl (C=O) groups is 2. The van der Waals surface area contributed by atoms with Gasteiger partial charge in [-0.1, -0.05) is 27.7 Å². The van der Waals surface area contributed by atoms with Crippen LogP contribution < -0.4 is 5.32 Å². The predicted molar refractivity (Wildman–Crippen MR) is 67.4 cm³/mol. The first-order valence-electron chi connectivity index (χ1n) is 6.49. The number of hydrogen-bond acceptors (Lipinski definition) is 2. The molecule has 98 valence electrons. The largest absolute Gasteiger partial charge is 0.343 e. The number of nitrogens with one attached hydrogen (secondary N) is 1. The quantitative estimate of drug-likeness (QED) is 0.807. The molecule has 3 atom stereocenters. The number of hydrogen-bond donors (Lipinski definition) is 1. The van der Waals surface area contributed by atoms with Crippen LogP contribution in [0.1, 0.15) is 41.0 Å². The molecule has 0 aromatic carbocycles. The molecule has 0 aliphatic carbocycles. The van der Waals surface area contributed by atoms with Gasteiger partial charge in [0.2, 0.25) is 11.8 Å². The first-order valence-corrected chi connectivity index (χ1v) is 6.49. The minimum Gasteiger partial charge on any atom is -0.343 e. The Morgan fingerprint density at radius 2 is 1.88 bits per heavy atom. The molecule has 1 heterocycles. The highest BCUT2D eigenvalue weighted by atomic mass is 16.2. The highest BCUT2D eigenvalue weighted by Crippen LogP contribution is 2.18. The standard InChI is InChI=1S/C13H24N2O2/c1-6-11-13(17)15(7-9(4)8(2)3)10(5)12(16)14-11/h8-11H,6-7H2,1-5H3,(H,14,16). The highest BCUT2D eigenvalue weighted by Gasteiger charge is 2.37. The van der Waals surface area contributed by atoms with Crippen LogP contribution in [0.3, 0.4) is 0 Å². The van der Waals surface area contributed by atoms with E-state index in [1.165, 1.54) is 0 Å². The molecule has 1 aliphatic heterocycles. The van der Waals surface area contributed by atoms with Crippen LogP contribution in [0.4, 0.5) is 0 Å². The molecule has 3 unspecified atom stereocenters. The summed E-state index contributed by atoms with van der Waals surface area (Å²) in [7, 11) is 0. The fraction of sp³-hybridized carbons (Fsp3) is 0.846. The van der Waals surface area contributed by atoms with Crippen molar-refractivity contribution in [2.24, 2.45) is 11.8 Å². The van der Waals surface area contributed by atoms with E-state index in [2.05, 4.69) is 26.1 Å². The van der Waals surface area contributed by atoms with Gasteiger partial charge in [-0.2, -0.15) is 0 Å². The second-order valence-electron chi connectivity index (χ2n) is 5.36. The topological polar surface area (TPSA) is 49.4 Å². The molecule has 0 radical (unpaired) electrons. The molecule has 0 aromatic rings. The van der Waals surface area contributed by atoms with Crippen molar-refractivity contribution in [3.63, 3.8) is 0 Å². The summed E-state index contributed by atoms with van der Waals surface area (Å²) in [6.45, 7) is 10.8. The molecule has 1 rings (SSSR count). The van der Waals surface area contributed by atoms with Crippen molar-refractivity contribution < 1.29 is 9.59 Å². The summed E-state index contributed by atoms with van der Waals surface area (Å²) >= 11 is 0. The van der Waals surface area contributed by atoms with E-state index in [9.17, 15) is 9.59 Å². The van der Waals surface area contributed by atoms with Gasteiger partial charge in [0.05, 0.1) is 0 Å². The van der Waals surface area contributed by atoms with Crippen LogP contribution in [0.2, 0.25) is 0 Å². The fourth-order valence-electron chi connectivity index (χ4n) is 1.93. The lowest BCUT2D eigenvalue weighted by molar-refractivity contribution is -0.149. The second kappa shape index (κ2) is 5.52. The molecule has 4 heteroatoms. The average molecular weight is 240 g/mol. The maximum absolute atomic E-state index is 12.2. The van der Waals surface area contributed by atoms with E-state index < -0.39 is 0 Å². The molecule has 0 saturated carbocycles.